The van der Waals surface area contributed by atoms with E-state index in [2.05, 4.69) is 41.0 Å². The average molecular weight is 566 g/mol. The molecule has 3 aromatic rings. The predicted molar refractivity (Wildman–Crippen MR) is 167 cm³/mol. The molecule has 2 aliphatic carbocycles. The van der Waals surface area contributed by atoms with Crippen molar-refractivity contribution in [1.29, 1.82) is 0 Å². The lowest BCUT2D eigenvalue weighted by molar-refractivity contribution is -0.117. The summed E-state index contributed by atoms with van der Waals surface area (Å²) < 4.78 is 0. The molecule has 1 saturated heterocycles. The number of carbonyl (C=O) groups excluding carboxylic acids is 2. The van der Waals surface area contributed by atoms with Crippen molar-refractivity contribution >= 4 is 17.5 Å². The minimum absolute atomic E-state index is 0.124. The summed E-state index contributed by atoms with van der Waals surface area (Å²) >= 11 is 0. The van der Waals surface area contributed by atoms with Gasteiger partial charge in [0.15, 0.2) is 0 Å². The molecule has 3 N–H and O–H groups in total. The molecule has 0 bridgehead atoms. The predicted octanol–water partition coefficient (Wildman–Crippen LogP) is 5.32. The van der Waals surface area contributed by atoms with Crippen LogP contribution in [0.2, 0.25) is 0 Å². The van der Waals surface area contributed by atoms with Crippen molar-refractivity contribution in [2.75, 3.05) is 18.0 Å². The summed E-state index contributed by atoms with van der Waals surface area (Å²) in [6.07, 6.45) is 8.82. The number of rotatable bonds is 10. The van der Waals surface area contributed by atoms with Crippen molar-refractivity contribution in [2.45, 2.75) is 88.3 Å². The highest BCUT2D eigenvalue weighted by Crippen LogP contribution is 2.37. The van der Waals surface area contributed by atoms with Gasteiger partial charge in [0.25, 0.3) is 5.91 Å². The first kappa shape index (κ1) is 28.6. The van der Waals surface area contributed by atoms with Crippen LogP contribution < -0.4 is 15.5 Å². The molecule has 1 heterocycles. The smallest absolute Gasteiger partial charge is 0.251 e. The molecule has 6 nitrogen and oxygen atoms in total. The Labute approximate surface area is 249 Å². The van der Waals surface area contributed by atoms with E-state index in [1.54, 1.807) is 0 Å². The number of aliphatic hydroxyl groups is 1. The summed E-state index contributed by atoms with van der Waals surface area (Å²) in [4.78, 5) is 28.3. The third-order valence-electron chi connectivity index (χ3n) is 9.46. The van der Waals surface area contributed by atoms with Crippen molar-refractivity contribution in [1.82, 2.24) is 10.6 Å². The highest BCUT2D eigenvalue weighted by Gasteiger charge is 2.28. The van der Waals surface area contributed by atoms with Crippen molar-refractivity contribution < 1.29 is 14.7 Å². The number of fused-ring (bicyclic) bond motifs is 1. The first-order valence-corrected chi connectivity index (χ1v) is 15.8. The summed E-state index contributed by atoms with van der Waals surface area (Å²) in [5.41, 5.74) is 6.40. The van der Waals surface area contributed by atoms with Crippen LogP contribution in [0.4, 0.5) is 5.69 Å². The molecule has 6 heteroatoms. The quantitative estimate of drug-likeness (QED) is 0.311. The summed E-state index contributed by atoms with van der Waals surface area (Å²) in [5, 5.41) is 18.2. The minimum Gasteiger partial charge on any atom is -0.390 e. The normalized spacial score (nSPS) is 20.4. The van der Waals surface area contributed by atoms with Crippen LogP contribution in [0.5, 0.6) is 0 Å². The van der Waals surface area contributed by atoms with Gasteiger partial charge in [-0.1, -0.05) is 67.4 Å². The monoisotopic (exact) mass is 565 g/mol. The SMILES string of the molecule is O=C(N[C@@H](Cc1ccccc1)[C@@H](O)CNC1CCc2ccccc2C1)c1cc(C2CCCC2)cc(N2CCCC2=O)c1. The molecule has 2 amide bonds. The van der Waals surface area contributed by atoms with Gasteiger partial charge in [0.1, 0.15) is 0 Å². The average Bonchev–Trinajstić information content (AvgIpc) is 3.72. The van der Waals surface area contributed by atoms with Gasteiger partial charge in [-0.25, -0.2) is 0 Å². The number of nitrogens with one attached hydrogen (secondary N) is 2. The molecule has 220 valence electrons. The fraction of sp³-hybridized carbons (Fsp3) is 0.444. The molecule has 0 aromatic heterocycles. The van der Waals surface area contributed by atoms with Crippen LogP contribution in [0.3, 0.4) is 0 Å². The molecule has 1 aliphatic heterocycles. The number of amides is 2. The Kier molecular flexibility index (Phi) is 9.01. The van der Waals surface area contributed by atoms with Gasteiger partial charge in [-0.2, -0.15) is 0 Å². The second-order valence-electron chi connectivity index (χ2n) is 12.4. The molecule has 42 heavy (non-hydrogen) atoms. The minimum atomic E-state index is -0.760. The lowest BCUT2D eigenvalue weighted by Gasteiger charge is -2.29. The number of anilines is 1. The molecule has 3 atom stereocenters. The lowest BCUT2D eigenvalue weighted by atomic mass is 9.88. The van der Waals surface area contributed by atoms with Crippen molar-refractivity contribution in [2.24, 2.45) is 0 Å². The molecular weight excluding hydrogens is 522 g/mol. The van der Waals surface area contributed by atoms with E-state index in [9.17, 15) is 14.7 Å². The van der Waals surface area contributed by atoms with E-state index in [0.29, 0.717) is 43.5 Å². The molecule has 0 radical (unpaired) electrons. The van der Waals surface area contributed by atoms with Crippen LogP contribution >= 0.6 is 0 Å². The maximum atomic E-state index is 13.9. The molecule has 6 rings (SSSR count). The van der Waals surface area contributed by atoms with E-state index in [0.717, 1.165) is 55.3 Å². The van der Waals surface area contributed by atoms with Gasteiger partial charge < -0.3 is 20.6 Å². The Morgan fingerprint density at radius 2 is 1.67 bits per heavy atom. The van der Waals surface area contributed by atoms with E-state index >= 15 is 0 Å². The zero-order chi connectivity index (χ0) is 28.9. The van der Waals surface area contributed by atoms with Crippen LogP contribution in [0.15, 0.2) is 72.8 Å². The number of benzene rings is 3. The Hall–Kier alpha value is -3.48. The Bertz CT molecular complexity index is 1380. The van der Waals surface area contributed by atoms with Crippen molar-refractivity contribution in [3.05, 3.63) is 101 Å². The first-order chi connectivity index (χ1) is 20.5. The van der Waals surface area contributed by atoms with Crippen LogP contribution in [0, 0.1) is 0 Å². The van der Waals surface area contributed by atoms with E-state index in [4.69, 9.17) is 0 Å². The maximum Gasteiger partial charge on any atom is 0.251 e. The van der Waals surface area contributed by atoms with Gasteiger partial charge in [-0.05, 0) is 91.3 Å². The summed E-state index contributed by atoms with van der Waals surface area (Å²) in [5.74, 6) is 0.345. The standard InChI is InChI=1S/C36H43N3O3/c40-34(24-37-31-17-16-27-13-6-7-14-28(27)21-31)33(19-25-9-2-1-3-10-25)38-36(42)30-20-29(26-11-4-5-12-26)22-32(23-30)39-18-8-15-35(39)41/h1-3,6-7,9-10,13-14,20,22-23,26,31,33-34,37,40H,4-5,8,11-12,15-19,21,24H2,(H,38,42)/t31?,33-,34-/m0/s1. The summed E-state index contributed by atoms with van der Waals surface area (Å²) in [6, 6.07) is 24.5. The molecule has 3 aromatic carbocycles. The first-order valence-electron chi connectivity index (χ1n) is 15.8. The number of carbonyl (C=O) groups is 2. The molecular formula is C36H43N3O3. The highest BCUT2D eigenvalue weighted by molar-refractivity contribution is 5.99. The number of hydrogen-bond acceptors (Lipinski definition) is 4. The summed E-state index contributed by atoms with van der Waals surface area (Å²) in [7, 11) is 0. The highest BCUT2D eigenvalue weighted by atomic mass is 16.3. The third kappa shape index (κ3) is 6.77. The Morgan fingerprint density at radius 1 is 0.905 bits per heavy atom. The van der Waals surface area contributed by atoms with Crippen molar-refractivity contribution in [3.8, 4) is 0 Å². The molecule has 2 fully saturated rings. The van der Waals surface area contributed by atoms with Crippen molar-refractivity contribution in [3.63, 3.8) is 0 Å². The van der Waals surface area contributed by atoms with Gasteiger partial charge in [0.2, 0.25) is 5.91 Å². The number of nitrogens with zero attached hydrogens (tertiary/aromatic N) is 1. The third-order valence-corrected chi connectivity index (χ3v) is 9.46. The Balaban J connectivity index is 1.19. The van der Waals surface area contributed by atoms with Crippen LogP contribution in [-0.2, 0) is 24.1 Å². The van der Waals surface area contributed by atoms with Crippen LogP contribution in [-0.4, -0.2) is 48.2 Å². The molecule has 1 unspecified atom stereocenters. The van der Waals surface area contributed by atoms with E-state index < -0.39 is 12.1 Å². The number of aryl methyl sites for hydroxylation is 1. The Morgan fingerprint density at radius 3 is 2.43 bits per heavy atom. The van der Waals surface area contributed by atoms with E-state index in [-0.39, 0.29) is 11.8 Å². The van der Waals surface area contributed by atoms with Gasteiger partial charge in [-0.15, -0.1) is 0 Å². The van der Waals surface area contributed by atoms with E-state index in [1.165, 1.54) is 24.0 Å². The fourth-order valence-electron chi connectivity index (χ4n) is 7.04. The van der Waals surface area contributed by atoms with Gasteiger partial charge >= 0.3 is 0 Å². The van der Waals surface area contributed by atoms with Crippen LogP contribution in [0.25, 0.3) is 0 Å². The number of hydrogen-bond donors (Lipinski definition) is 3. The zero-order valence-electron chi connectivity index (χ0n) is 24.4. The molecule has 3 aliphatic rings. The molecule has 0 spiro atoms. The number of aliphatic hydroxyl groups excluding tert-OH is 1. The van der Waals surface area contributed by atoms with Crippen LogP contribution in [0.1, 0.15) is 83.5 Å². The topological polar surface area (TPSA) is 81.7 Å². The second kappa shape index (κ2) is 13.2. The zero-order valence-corrected chi connectivity index (χ0v) is 24.4. The second-order valence-corrected chi connectivity index (χ2v) is 12.4. The van der Waals surface area contributed by atoms with Gasteiger partial charge in [0, 0.05) is 36.8 Å². The maximum absolute atomic E-state index is 13.9. The van der Waals surface area contributed by atoms with E-state index in [1.807, 2.05) is 47.4 Å². The largest absolute Gasteiger partial charge is 0.390 e. The van der Waals surface area contributed by atoms with Gasteiger partial charge in [-0.3, -0.25) is 9.59 Å². The lowest BCUT2D eigenvalue weighted by Crippen LogP contribution is -2.50. The fourth-order valence-corrected chi connectivity index (χ4v) is 7.04. The molecule has 1 saturated carbocycles. The summed E-state index contributed by atoms with van der Waals surface area (Å²) in [6.45, 7) is 1.10. The van der Waals surface area contributed by atoms with Gasteiger partial charge in [0.05, 0.1) is 12.1 Å².